The second-order valence-electron chi connectivity index (χ2n) is 6.28. The van der Waals surface area contributed by atoms with Crippen molar-refractivity contribution in [3.05, 3.63) is 88.7 Å². The van der Waals surface area contributed by atoms with Crippen LogP contribution in [0.4, 0.5) is 5.69 Å². The number of nitrogens with one attached hydrogen (secondary N) is 1. The summed E-state index contributed by atoms with van der Waals surface area (Å²) in [5.41, 5.74) is 1.18. The number of hydrogen-bond acceptors (Lipinski definition) is 5. The van der Waals surface area contributed by atoms with Crippen molar-refractivity contribution in [2.45, 2.75) is 17.7 Å². The first kappa shape index (κ1) is 20.5. The van der Waals surface area contributed by atoms with Gasteiger partial charge in [0.15, 0.2) is 11.7 Å². The normalized spacial score (nSPS) is 12.0. The van der Waals surface area contributed by atoms with Gasteiger partial charge in [0.05, 0.1) is 22.3 Å². The van der Waals surface area contributed by atoms with E-state index < -0.39 is 21.7 Å². The molecule has 0 spiro atoms. The number of carbonyl (C=O) groups is 1. The Bertz CT molecular complexity index is 1210. The van der Waals surface area contributed by atoms with Crippen LogP contribution in [-0.4, -0.2) is 19.2 Å². The topological polar surface area (TPSA) is 99.9 Å². The number of carbonyl (C=O) groups excluding carboxylic acids is 1. The van der Waals surface area contributed by atoms with Crippen LogP contribution in [0.2, 0.25) is 5.02 Å². The lowest BCUT2D eigenvalue weighted by Gasteiger charge is -2.13. The Hall–Kier alpha value is -3.21. The highest BCUT2D eigenvalue weighted by Crippen LogP contribution is 2.25. The van der Waals surface area contributed by atoms with Gasteiger partial charge in [-0.05, 0) is 48.9 Å². The molecule has 146 valence electrons. The molecule has 0 saturated heterocycles. The largest absolute Gasteiger partial charge is 0.292 e. The fourth-order valence-electron chi connectivity index (χ4n) is 2.78. The highest BCUT2D eigenvalue weighted by Gasteiger charge is 2.25. The molecule has 0 radical (unpaired) electrons. The van der Waals surface area contributed by atoms with Crippen molar-refractivity contribution in [2.24, 2.45) is 0 Å². The Balaban J connectivity index is 1.97. The number of anilines is 1. The van der Waals surface area contributed by atoms with E-state index in [0.29, 0.717) is 22.0 Å². The SMILES string of the molecule is Cc1ccc(C(=O)C(C#N)c2ccccn2)cc1S(=O)(=O)Nc1cccc(Cl)c1. The molecule has 1 unspecified atom stereocenters. The third-order valence-electron chi connectivity index (χ3n) is 4.21. The van der Waals surface area contributed by atoms with Gasteiger partial charge in [-0.1, -0.05) is 35.9 Å². The van der Waals surface area contributed by atoms with Gasteiger partial charge >= 0.3 is 0 Å². The van der Waals surface area contributed by atoms with Crippen LogP contribution >= 0.6 is 11.6 Å². The first-order valence-corrected chi connectivity index (χ1v) is 10.4. The van der Waals surface area contributed by atoms with Gasteiger partial charge in [-0.15, -0.1) is 0 Å². The lowest BCUT2D eigenvalue weighted by atomic mass is 9.95. The minimum absolute atomic E-state index is 0.0546. The molecular formula is C21H16ClN3O3S. The maximum atomic E-state index is 12.9. The second-order valence-corrected chi connectivity index (χ2v) is 8.36. The first-order valence-electron chi connectivity index (χ1n) is 8.55. The van der Waals surface area contributed by atoms with Crippen LogP contribution in [0.1, 0.15) is 27.5 Å². The molecule has 1 N–H and O–H groups in total. The molecule has 0 aliphatic heterocycles. The third kappa shape index (κ3) is 4.62. The fraction of sp³-hybridized carbons (Fsp3) is 0.0952. The number of rotatable bonds is 6. The van der Waals surface area contributed by atoms with Gasteiger partial charge in [-0.25, -0.2) is 8.42 Å². The van der Waals surface area contributed by atoms with Crippen LogP contribution in [-0.2, 0) is 10.0 Å². The quantitative estimate of drug-likeness (QED) is 0.592. The maximum Gasteiger partial charge on any atom is 0.262 e. The molecule has 1 heterocycles. The fourth-order valence-corrected chi connectivity index (χ4v) is 4.29. The minimum atomic E-state index is -3.97. The maximum absolute atomic E-state index is 12.9. The molecule has 0 amide bonds. The summed E-state index contributed by atoms with van der Waals surface area (Å²) in [6.07, 6.45) is 1.49. The van der Waals surface area contributed by atoms with Crippen molar-refractivity contribution in [3.8, 4) is 6.07 Å². The highest BCUT2D eigenvalue weighted by molar-refractivity contribution is 7.92. The zero-order valence-corrected chi connectivity index (χ0v) is 16.9. The molecule has 8 heteroatoms. The van der Waals surface area contributed by atoms with Crippen LogP contribution < -0.4 is 4.72 Å². The van der Waals surface area contributed by atoms with E-state index in [4.69, 9.17) is 11.6 Å². The van der Waals surface area contributed by atoms with E-state index in [9.17, 15) is 18.5 Å². The van der Waals surface area contributed by atoms with Crippen LogP contribution in [0.3, 0.4) is 0 Å². The third-order valence-corrected chi connectivity index (χ3v) is 5.97. The van der Waals surface area contributed by atoms with Crippen LogP contribution in [0, 0.1) is 18.3 Å². The van der Waals surface area contributed by atoms with Gasteiger partial charge in [0.1, 0.15) is 0 Å². The Morgan fingerprint density at radius 3 is 2.59 bits per heavy atom. The summed E-state index contributed by atoms with van der Waals surface area (Å²) in [6, 6.07) is 17.5. The highest BCUT2D eigenvalue weighted by atomic mass is 35.5. The smallest absolute Gasteiger partial charge is 0.262 e. The lowest BCUT2D eigenvalue weighted by molar-refractivity contribution is 0.0977. The average Bonchev–Trinajstić information content (AvgIpc) is 2.69. The van der Waals surface area contributed by atoms with E-state index in [1.165, 1.54) is 30.5 Å². The van der Waals surface area contributed by atoms with Crippen molar-refractivity contribution >= 4 is 33.1 Å². The number of ketones is 1. The molecule has 0 aliphatic rings. The zero-order valence-electron chi connectivity index (χ0n) is 15.3. The summed E-state index contributed by atoms with van der Waals surface area (Å²) < 4.78 is 28.2. The van der Waals surface area contributed by atoms with E-state index in [1.54, 1.807) is 43.3 Å². The number of nitriles is 1. The number of halogens is 1. The number of sulfonamides is 1. The molecular weight excluding hydrogens is 410 g/mol. The molecule has 3 aromatic rings. The predicted molar refractivity (Wildman–Crippen MR) is 110 cm³/mol. The summed E-state index contributed by atoms with van der Waals surface area (Å²) in [7, 11) is -3.97. The Kier molecular flexibility index (Phi) is 5.97. The molecule has 3 rings (SSSR count). The summed E-state index contributed by atoms with van der Waals surface area (Å²) in [6.45, 7) is 1.63. The van der Waals surface area contributed by atoms with E-state index in [1.807, 2.05) is 6.07 Å². The molecule has 1 aromatic heterocycles. The van der Waals surface area contributed by atoms with Crippen LogP contribution in [0.25, 0.3) is 0 Å². The molecule has 2 aromatic carbocycles. The Morgan fingerprint density at radius 2 is 1.93 bits per heavy atom. The summed E-state index contributed by atoms with van der Waals surface area (Å²) in [4.78, 5) is 16.9. The van der Waals surface area contributed by atoms with Crippen molar-refractivity contribution < 1.29 is 13.2 Å². The molecule has 29 heavy (non-hydrogen) atoms. The van der Waals surface area contributed by atoms with Crippen LogP contribution in [0.5, 0.6) is 0 Å². The van der Waals surface area contributed by atoms with Crippen molar-refractivity contribution in [1.82, 2.24) is 4.98 Å². The Morgan fingerprint density at radius 1 is 1.14 bits per heavy atom. The van der Waals surface area contributed by atoms with Gasteiger partial charge in [0.2, 0.25) is 0 Å². The molecule has 1 atom stereocenters. The lowest BCUT2D eigenvalue weighted by Crippen LogP contribution is -2.17. The van der Waals surface area contributed by atoms with E-state index >= 15 is 0 Å². The predicted octanol–water partition coefficient (Wildman–Crippen LogP) is 4.33. The number of hydrogen-bond donors (Lipinski definition) is 1. The second kappa shape index (κ2) is 8.43. The van der Waals surface area contributed by atoms with Gasteiger partial charge < -0.3 is 0 Å². The molecule has 6 nitrogen and oxygen atoms in total. The van der Waals surface area contributed by atoms with Crippen molar-refractivity contribution in [1.29, 1.82) is 5.26 Å². The average molecular weight is 426 g/mol. The van der Waals surface area contributed by atoms with Crippen LogP contribution in [0.15, 0.2) is 71.8 Å². The standard InChI is InChI=1S/C21H16ClN3O3S/c1-14-8-9-15(21(26)18(13-23)19-7-2-3-10-24-19)11-20(14)29(27,28)25-17-6-4-5-16(22)12-17/h2-12,18,25H,1H3. The zero-order chi connectivity index (χ0) is 21.0. The molecule has 0 fully saturated rings. The van der Waals surface area contributed by atoms with Crippen molar-refractivity contribution in [2.75, 3.05) is 4.72 Å². The summed E-state index contributed by atoms with van der Waals surface area (Å²) >= 11 is 5.91. The first-order chi connectivity index (χ1) is 13.8. The van der Waals surface area contributed by atoms with E-state index in [2.05, 4.69) is 9.71 Å². The number of pyridine rings is 1. The Labute approximate surface area is 173 Å². The molecule has 0 saturated carbocycles. The summed E-state index contributed by atoms with van der Waals surface area (Å²) in [5.74, 6) is -1.65. The number of aromatic nitrogens is 1. The van der Waals surface area contributed by atoms with E-state index in [-0.39, 0.29) is 10.5 Å². The van der Waals surface area contributed by atoms with Gasteiger partial charge in [-0.2, -0.15) is 5.26 Å². The van der Waals surface area contributed by atoms with Crippen molar-refractivity contribution in [3.63, 3.8) is 0 Å². The van der Waals surface area contributed by atoms with Gasteiger partial charge in [0.25, 0.3) is 10.0 Å². The van der Waals surface area contributed by atoms with E-state index in [0.717, 1.165) is 0 Å². The number of nitrogens with zero attached hydrogens (tertiary/aromatic N) is 2. The minimum Gasteiger partial charge on any atom is -0.292 e. The molecule has 0 aliphatic carbocycles. The molecule has 0 bridgehead atoms. The summed E-state index contributed by atoms with van der Waals surface area (Å²) in [5, 5.41) is 9.85. The monoisotopic (exact) mass is 425 g/mol. The van der Waals surface area contributed by atoms with Gasteiger partial charge in [-0.3, -0.25) is 14.5 Å². The van der Waals surface area contributed by atoms with Gasteiger partial charge in [0, 0.05) is 16.8 Å². The number of Topliss-reactive ketones (excluding diaryl/α,β-unsaturated/α-hetero) is 1. The number of aryl methyl sites for hydroxylation is 1. The number of benzene rings is 2.